The van der Waals surface area contributed by atoms with Crippen molar-refractivity contribution in [3.63, 3.8) is 0 Å². The van der Waals surface area contributed by atoms with Crippen LogP contribution < -0.4 is 25.8 Å². The van der Waals surface area contributed by atoms with Crippen LogP contribution in [0.5, 0.6) is 5.75 Å². The molecule has 1 atom stereocenters. The molecule has 2 aromatic carbocycles. The van der Waals surface area contributed by atoms with Crippen molar-refractivity contribution in [2.45, 2.75) is 97.2 Å². The first-order chi connectivity index (χ1) is 33.1. The van der Waals surface area contributed by atoms with E-state index in [0.717, 1.165) is 81.6 Å². The number of benzene rings is 2. The van der Waals surface area contributed by atoms with Crippen LogP contribution in [0.2, 0.25) is 5.02 Å². The highest BCUT2D eigenvalue weighted by Gasteiger charge is 2.64. The number of piperidine rings is 4. The van der Waals surface area contributed by atoms with Crippen molar-refractivity contribution in [2.75, 3.05) is 50.7 Å². The monoisotopic (exact) mass is 954 g/mol. The van der Waals surface area contributed by atoms with Gasteiger partial charge in [0.1, 0.15) is 35.2 Å². The minimum absolute atomic E-state index is 0.0295. The predicted molar refractivity (Wildman–Crippen MR) is 259 cm³/mol. The van der Waals surface area contributed by atoms with Crippen LogP contribution in [0.25, 0.3) is 10.9 Å². The summed E-state index contributed by atoms with van der Waals surface area (Å²) in [6, 6.07) is 15.2. The van der Waals surface area contributed by atoms with E-state index in [0.29, 0.717) is 57.5 Å². The first-order valence-electron chi connectivity index (χ1n) is 24.2. The standard InChI is InChI=1S/C52H59ClN10O6/c1-51(2)49(52(3,4)50(51)69-39-11-7-35(29-54)41(53)28-39)57-45(65)36-6-9-37(55-30-36)8-5-32-15-21-60(22-16-32)31-33-17-23-62(24-18-33)47(67)34-19-25-61(26-20-34)38-10-12-42-40(27-38)48(68)63(59-58-42)43-13-14-44(64)56-46(43)66/h6-7,9-12,27-28,30,32-34,43,49-50H,13-26,31H2,1-4H3,(H,57,65)(H,56,64,66). The second-order valence-electron chi connectivity index (χ2n) is 20.6. The fraction of sp³-hybridized carbons (Fsp3) is 0.519. The normalized spacial score (nSPS) is 23.3. The van der Waals surface area contributed by atoms with E-state index in [1.54, 1.807) is 42.6 Å². The number of aromatic nitrogens is 4. The van der Waals surface area contributed by atoms with Gasteiger partial charge in [0.05, 0.1) is 21.5 Å². The van der Waals surface area contributed by atoms with Crippen LogP contribution in [0.3, 0.4) is 0 Å². The molecule has 2 N–H and O–H groups in total. The number of hydrogen-bond donors (Lipinski definition) is 2. The third kappa shape index (κ3) is 9.92. The predicted octanol–water partition coefficient (Wildman–Crippen LogP) is 5.52. The Morgan fingerprint density at radius 2 is 1.64 bits per heavy atom. The third-order valence-corrected chi connectivity index (χ3v) is 15.6. The Kier molecular flexibility index (Phi) is 13.5. The number of ether oxygens (including phenoxy) is 1. The summed E-state index contributed by atoms with van der Waals surface area (Å²) in [7, 11) is 0. The van der Waals surface area contributed by atoms with Crippen LogP contribution >= 0.6 is 11.6 Å². The van der Waals surface area contributed by atoms with Gasteiger partial charge in [0, 0.05) is 85.8 Å². The number of imide groups is 1. The van der Waals surface area contributed by atoms with Crippen LogP contribution in [0.4, 0.5) is 5.69 Å². The Balaban J connectivity index is 0.687. The van der Waals surface area contributed by atoms with Crippen LogP contribution in [0, 0.1) is 51.8 Å². The highest BCUT2D eigenvalue weighted by molar-refractivity contribution is 6.31. The lowest BCUT2D eigenvalue weighted by molar-refractivity contribution is -0.164. The van der Waals surface area contributed by atoms with E-state index < -0.39 is 17.5 Å². The molecule has 5 aliphatic rings. The smallest absolute Gasteiger partial charge is 0.278 e. The molecule has 5 fully saturated rings. The van der Waals surface area contributed by atoms with Crippen molar-refractivity contribution in [1.82, 2.24) is 40.4 Å². The van der Waals surface area contributed by atoms with Crippen LogP contribution in [-0.2, 0) is 14.4 Å². The van der Waals surface area contributed by atoms with Gasteiger partial charge in [0.25, 0.3) is 17.4 Å². The number of pyridine rings is 1. The summed E-state index contributed by atoms with van der Waals surface area (Å²) in [5.41, 5.74) is 1.63. The number of rotatable bonds is 9. The Bertz CT molecular complexity index is 2790. The summed E-state index contributed by atoms with van der Waals surface area (Å²) in [5.74, 6) is 7.23. The van der Waals surface area contributed by atoms with Crippen molar-refractivity contribution in [3.05, 3.63) is 86.9 Å². The van der Waals surface area contributed by atoms with Crippen molar-refractivity contribution in [2.24, 2.45) is 28.6 Å². The number of nitrogens with zero attached hydrogens (tertiary/aromatic N) is 8. The minimum Gasteiger partial charge on any atom is -0.489 e. The number of hydrogen-bond acceptors (Lipinski definition) is 12. The van der Waals surface area contributed by atoms with Crippen molar-refractivity contribution in [1.29, 1.82) is 5.26 Å². The van der Waals surface area contributed by atoms with Crippen molar-refractivity contribution >= 4 is 51.8 Å². The molecule has 16 nitrogen and oxygen atoms in total. The molecule has 4 aromatic rings. The van der Waals surface area contributed by atoms with E-state index >= 15 is 0 Å². The Morgan fingerprint density at radius 1 is 0.899 bits per heavy atom. The molecular formula is C52H59ClN10O6. The summed E-state index contributed by atoms with van der Waals surface area (Å²) in [4.78, 5) is 76.0. The van der Waals surface area contributed by atoms with Gasteiger partial charge in [-0.15, -0.1) is 5.10 Å². The number of nitrogens with one attached hydrogen (secondary N) is 2. The second kappa shape index (κ2) is 19.6. The Morgan fingerprint density at radius 3 is 2.30 bits per heavy atom. The maximum Gasteiger partial charge on any atom is 0.278 e. The molecule has 1 unspecified atom stereocenters. The molecule has 4 amide bonds. The zero-order chi connectivity index (χ0) is 48.6. The lowest BCUT2D eigenvalue weighted by Crippen LogP contribution is -2.74. The number of likely N-dealkylation sites (tertiary alicyclic amines) is 2. The van der Waals surface area contributed by atoms with Gasteiger partial charge in [0.15, 0.2) is 0 Å². The van der Waals surface area contributed by atoms with Crippen LogP contribution in [0.1, 0.15) is 107 Å². The first-order valence-corrected chi connectivity index (χ1v) is 24.6. The molecule has 4 saturated heterocycles. The third-order valence-electron chi connectivity index (χ3n) is 15.3. The number of carbonyl (C=O) groups excluding carboxylic acids is 4. The maximum absolute atomic E-state index is 13.7. The molecule has 4 aliphatic heterocycles. The maximum atomic E-state index is 13.7. The molecule has 1 aliphatic carbocycles. The lowest BCUT2D eigenvalue weighted by Gasteiger charge is -2.63. The Hall–Kier alpha value is -6.36. The molecule has 2 aromatic heterocycles. The molecule has 0 radical (unpaired) electrons. The van der Waals surface area contributed by atoms with E-state index in [2.05, 4.69) is 86.2 Å². The summed E-state index contributed by atoms with van der Waals surface area (Å²) < 4.78 is 7.45. The van der Waals surface area contributed by atoms with E-state index in [1.807, 2.05) is 12.1 Å². The molecule has 0 spiro atoms. The largest absolute Gasteiger partial charge is 0.489 e. The first kappa shape index (κ1) is 47.7. The van der Waals surface area contributed by atoms with Crippen molar-refractivity contribution < 1.29 is 23.9 Å². The average molecular weight is 956 g/mol. The second-order valence-corrected chi connectivity index (χ2v) is 21.0. The quantitative estimate of drug-likeness (QED) is 0.158. The zero-order valence-electron chi connectivity index (χ0n) is 39.7. The topological polar surface area (TPSA) is 196 Å². The number of fused-ring (bicyclic) bond motifs is 1. The van der Waals surface area contributed by atoms with Crippen molar-refractivity contribution in [3.8, 4) is 23.7 Å². The molecule has 1 saturated carbocycles. The molecule has 17 heteroatoms. The summed E-state index contributed by atoms with van der Waals surface area (Å²) in [6.45, 7) is 14.3. The number of anilines is 1. The number of halogens is 1. The fourth-order valence-electron chi connectivity index (χ4n) is 11.6. The van der Waals surface area contributed by atoms with Gasteiger partial charge in [-0.05, 0) is 112 Å². The molecular weight excluding hydrogens is 896 g/mol. The van der Waals surface area contributed by atoms with Gasteiger partial charge < -0.3 is 24.8 Å². The molecule has 360 valence electrons. The molecule has 9 rings (SSSR count). The van der Waals surface area contributed by atoms with Gasteiger partial charge in [0.2, 0.25) is 11.8 Å². The zero-order valence-corrected chi connectivity index (χ0v) is 40.4. The SMILES string of the molecule is CC1(C)C(NC(=O)c2ccc(C#CC3CCN(CC4CCN(C(=O)C5CCN(c6ccc7nnn(C8CCC(=O)NC8=O)c(=O)c7c6)CC5)CC4)CC3)nc2)C(C)(C)C1Oc1ccc(C#N)c(Cl)c1. The van der Waals surface area contributed by atoms with E-state index in [4.69, 9.17) is 16.3 Å². The van der Waals surface area contributed by atoms with E-state index in [1.165, 1.54) is 0 Å². The van der Waals surface area contributed by atoms with Gasteiger partial charge in [-0.3, -0.25) is 29.3 Å². The fourth-order valence-corrected chi connectivity index (χ4v) is 11.8. The summed E-state index contributed by atoms with van der Waals surface area (Å²) in [5, 5.41) is 23.6. The highest BCUT2D eigenvalue weighted by atomic mass is 35.5. The summed E-state index contributed by atoms with van der Waals surface area (Å²) in [6.07, 6.45) is 7.18. The van der Waals surface area contributed by atoms with Gasteiger partial charge in [-0.2, -0.15) is 9.94 Å². The minimum atomic E-state index is -0.880. The van der Waals surface area contributed by atoms with Crippen LogP contribution in [-0.4, -0.2) is 111 Å². The molecule has 69 heavy (non-hydrogen) atoms. The van der Waals surface area contributed by atoms with E-state index in [9.17, 15) is 29.2 Å². The number of nitriles is 1. The summed E-state index contributed by atoms with van der Waals surface area (Å²) >= 11 is 6.25. The molecule has 6 heterocycles. The number of amides is 4. The Labute approximate surface area is 407 Å². The average Bonchev–Trinajstić information content (AvgIpc) is 3.35. The van der Waals surface area contributed by atoms with Gasteiger partial charge >= 0.3 is 0 Å². The molecule has 0 bridgehead atoms. The van der Waals surface area contributed by atoms with E-state index in [-0.39, 0.29) is 65.4 Å². The highest BCUT2D eigenvalue weighted by Crippen LogP contribution is 2.55. The van der Waals surface area contributed by atoms with Gasteiger partial charge in [-0.25, -0.2) is 4.98 Å². The van der Waals surface area contributed by atoms with Gasteiger partial charge in [-0.1, -0.05) is 50.4 Å². The lowest BCUT2D eigenvalue weighted by atomic mass is 9.49. The van der Waals surface area contributed by atoms with Crippen LogP contribution in [0.15, 0.2) is 59.5 Å². The number of carbonyl (C=O) groups is 4.